The first-order chi connectivity index (χ1) is 18.8. The molecule has 0 bridgehead atoms. The summed E-state index contributed by atoms with van der Waals surface area (Å²) in [6.45, 7) is -0.0575. The summed E-state index contributed by atoms with van der Waals surface area (Å²) in [6.07, 6.45) is -3.53. The Morgan fingerprint density at radius 3 is 2.13 bits per heavy atom. The van der Waals surface area contributed by atoms with Gasteiger partial charge in [0, 0.05) is 48.8 Å². The van der Waals surface area contributed by atoms with Crippen LogP contribution in [0.4, 0.5) is 11.4 Å². The number of pyridine rings is 1. The van der Waals surface area contributed by atoms with Crippen LogP contribution in [0.15, 0.2) is 41.3 Å². The molecular formula is C26H38N4O8S. The highest BCUT2D eigenvalue weighted by molar-refractivity contribution is 7.89. The summed E-state index contributed by atoms with van der Waals surface area (Å²) >= 11 is -1.63. The van der Waals surface area contributed by atoms with E-state index in [9.17, 15) is 35.2 Å². The van der Waals surface area contributed by atoms with Crippen LogP contribution in [-0.4, -0.2) is 121 Å². The van der Waals surface area contributed by atoms with Crippen LogP contribution in [0.25, 0.3) is 21.8 Å². The second-order valence-electron chi connectivity index (χ2n) is 9.05. The van der Waals surface area contributed by atoms with Crippen molar-refractivity contribution in [1.29, 1.82) is 0 Å². The third-order valence-corrected chi connectivity index (χ3v) is 7.74. The first kappa shape index (κ1) is 31.2. The van der Waals surface area contributed by atoms with Crippen molar-refractivity contribution >= 4 is 44.5 Å². The minimum Gasteiger partial charge on any atom is -0.593 e. The van der Waals surface area contributed by atoms with E-state index in [0.29, 0.717) is 45.7 Å². The third kappa shape index (κ3) is 8.11. The fourth-order valence-electron chi connectivity index (χ4n) is 4.18. The van der Waals surface area contributed by atoms with Gasteiger partial charge in [0.15, 0.2) is 4.90 Å². The Morgan fingerprint density at radius 1 is 0.821 bits per heavy atom. The predicted molar refractivity (Wildman–Crippen MR) is 150 cm³/mol. The molecule has 3 aromatic rings. The minimum atomic E-state index is -1.63. The van der Waals surface area contributed by atoms with Crippen LogP contribution in [0, 0.1) is 0 Å². The molecule has 0 aliphatic carbocycles. The van der Waals surface area contributed by atoms with E-state index >= 15 is 0 Å². The van der Waals surface area contributed by atoms with Crippen molar-refractivity contribution < 1.29 is 40.3 Å². The van der Waals surface area contributed by atoms with Crippen LogP contribution in [0.2, 0.25) is 0 Å². The molecule has 1 aromatic heterocycles. The fraction of sp³-hybridized carbons (Fsp3) is 0.500. The van der Waals surface area contributed by atoms with E-state index < -0.39 is 29.7 Å². The molecule has 0 fully saturated rings. The number of rotatable bonds is 17. The lowest BCUT2D eigenvalue weighted by Crippen LogP contribution is -2.41. The number of aromatic nitrogens is 1. The number of aliphatic hydroxyl groups is 7. The summed E-state index contributed by atoms with van der Waals surface area (Å²) < 4.78 is 14.7. The molecule has 0 aliphatic heterocycles. The van der Waals surface area contributed by atoms with Crippen LogP contribution in [0.3, 0.4) is 0 Å². The summed E-state index contributed by atoms with van der Waals surface area (Å²) in [6, 6.07) is 10.6. The van der Waals surface area contributed by atoms with Gasteiger partial charge in [-0.05, 0) is 43.2 Å². The van der Waals surface area contributed by atoms with E-state index in [2.05, 4.69) is 10.6 Å². The molecule has 2 aromatic carbocycles. The molecule has 4 unspecified atom stereocenters. The average Bonchev–Trinajstić information content (AvgIpc) is 2.94. The van der Waals surface area contributed by atoms with E-state index in [1.807, 2.05) is 6.07 Å². The highest BCUT2D eigenvalue weighted by atomic mass is 32.2. The normalized spacial score (nSPS) is 15.0. The Kier molecular flexibility index (Phi) is 12.4. The number of anilines is 2. The Bertz CT molecular complexity index is 1180. The second kappa shape index (κ2) is 15.5. The molecule has 0 radical (unpaired) electrons. The maximum Gasteiger partial charge on any atom is 0.174 e. The van der Waals surface area contributed by atoms with Crippen molar-refractivity contribution in [2.75, 3.05) is 63.2 Å². The lowest BCUT2D eigenvalue weighted by molar-refractivity contribution is -0.0604. The van der Waals surface area contributed by atoms with Gasteiger partial charge in [-0.1, -0.05) is 0 Å². The number of nitrogens with one attached hydrogen (secondary N) is 2. The monoisotopic (exact) mass is 566 g/mol. The van der Waals surface area contributed by atoms with Crippen molar-refractivity contribution in [3.63, 3.8) is 0 Å². The molecule has 0 spiro atoms. The van der Waals surface area contributed by atoms with Crippen molar-refractivity contribution in [2.24, 2.45) is 0 Å². The number of hydrogen-bond acceptors (Lipinski definition) is 12. The number of benzene rings is 2. The fourth-order valence-corrected chi connectivity index (χ4v) is 5.37. The SMILES string of the molecule is [O-][S+](c1ccc2nc3ccc(NCC(O)C(O)C(O)CCO)cc3c(NCCCO)c2c1)N(CCO)CCO. The summed E-state index contributed by atoms with van der Waals surface area (Å²) in [4.78, 5) is 5.21. The van der Waals surface area contributed by atoms with Crippen LogP contribution in [-0.2, 0) is 11.4 Å². The highest BCUT2D eigenvalue weighted by Gasteiger charge is 2.25. The summed E-state index contributed by atoms with van der Waals surface area (Å²) in [7, 11) is 0. The molecule has 12 nitrogen and oxygen atoms in total. The molecule has 3 rings (SSSR count). The second-order valence-corrected chi connectivity index (χ2v) is 10.5. The Morgan fingerprint density at radius 2 is 1.49 bits per heavy atom. The Labute approximate surface area is 229 Å². The molecule has 0 saturated carbocycles. The van der Waals surface area contributed by atoms with Gasteiger partial charge in [0.2, 0.25) is 0 Å². The molecular weight excluding hydrogens is 528 g/mol. The van der Waals surface area contributed by atoms with E-state index in [1.165, 1.54) is 4.31 Å². The van der Waals surface area contributed by atoms with E-state index in [1.54, 1.807) is 30.3 Å². The van der Waals surface area contributed by atoms with Gasteiger partial charge in [0.25, 0.3) is 0 Å². The lowest BCUT2D eigenvalue weighted by Gasteiger charge is -2.23. The number of aliphatic hydroxyl groups excluding tert-OH is 7. The van der Waals surface area contributed by atoms with Gasteiger partial charge >= 0.3 is 0 Å². The van der Waals surface area contributed by atoms with Crippen molar-refractivity contribution in [3.05, 3.63) is 36.4 Å². The van der Waals surface area contributed by atoms with E-state index in [-0.39, 0.29) is 52.5 Å². The zero-order valence-electron chi connectivity index (χ0n) is 21.6. The zero-order chi connectivity index (χ0) is 28.4. The largest absolute Gasteiger partial charge is 0.593 e. The van der Waals surface area contributed by atoms with Gasteiger partial charge in [0.05, 0.1) is 66.6 Å². The third-order valence-electron chi connectivity index (χ3n) is 6.24. The Balaban J connectivity index is 1.98. The summed E-state index contributed by atoms with van der Waals surface area (Å²) in [5, 5.41) is 74.9. The first-order valence-electron chi connectivity index (χ1n) is 12.8. The van der Waals surface area contributed by atoms with Crippen LogP contribution < -0.4 is 10.6 Å². The number of nitrogens with zero attached hydrogens (tertiary/aromatic N) is 2. The number of hydrogen-bond donors (Lipinski definition) is 9. The highest BCUT2D eigenvalue weighted by Crippen LogP contribution is 2.34. The molecule has 216 valence electrons. The average molecular weight is 567 g/mol. The first-order valence-corrected chi connectivity index (χ1v) is 13.9. The topological polar surface area (TPSA) is 205 Å². The summed E-state index contributed by atoms with van der Waals surface area (Å²) in [5.41, 5.74) is 2.66. The number of fused-ring (bicyclic) bond motifs is 2. The molecule has 13 heteroatoms. The maximum atomic E-state index is 13.2. The zero-order valence-corrected chi connectivity index (χ0v) is 22.4. The minimum absolute atomic E-state index is 0.00432. The smallest absolute Gasteiger partial charge is 0.174 e. The molecule has 0 aliphatic rings. The predicted octanol–water partition coefficient (Wildman–Crippen LogP) is -0.631. The van der Waals surface area contributed by atoms with Crippen molar-refractivity contribution in [3.8, 4) is 0 Å². The van der Waals surface area contributed by atoms with Gasteiger partial charge in [-0.15, -0.1) is 4.31 Å². The van der Waals surface area contributed by atoms with Gasteiger partial charge in [-0.25, -0.2) is 4.98 Å². The van der Waals surface area contributed by atoms with Crippen LogP contribution in [0.1, 0.15) is 12.8 Å². The Hall–Kier alpha value is -2.30. The summed E-state index contributed by atoms with van der Waals surface area (Å²) in [5.74, 6) is 0. The standard InChI is InChI=1S/C26H38N4O8S/c31-10-1-7-27-25-19-14-17(28-16-24(36)26(37)23(35)6-11-32)2-4-21(19)29-22-5-3-18(15-20(22)25)39(38)30(8-12-33)9-13-34/h2-5,14-15,23-24,26,28,31-37H,1,6-13,16H2,(H,27,29). The van der Waals surface area contributed by atoms with E-state index in [0.717, 1.165) is 5.39 Å². The molecule has 9 N–H and O–H groups in total. The van der Waals surface area contributed by atoms with Gasteiger partial charge in [0.1, 0.15) is 6.10 Å². The molecule has 39 heavy (non-hydrogen) atoms. The van der Waals surface area contributed by atoms with Crippen molar-refractivity contribution in [2.45, 2.75) is 36.0 Å². The van der Waals surface area contributed by atoms with Gasteiger partial charge in [-0.2, -0.15) is 0 Å². The molecule has 4 atom stereocenters. The van der Waals surface area contributed by atoms with Crippen LogP contribution >= 0.6 is 0 Å². The van der Waals surface area contributed by atoms with Crippen LogP contribution in [0.5, 0.6) is 0 Å². The molecule has 0 amide bonds. The molecule has 1 heterocycles. The van der Waals surface area contributed by atoms with E-state index in [4.69, 9.17) is 10.1 Å². The van der Waals surface area contributed by atoms with Gasteiger partial charge in [-0.3, -0.25) is 0 Å². The van der Waals surface area contributed by atoms with Gasteiger partial charge < -0.3 is 50.9 Å². The maximum absolute atomic E-state index is 13.2. The quantitative estimate of drug-likeness (QED) is 0.0569. The molecule has 0 saturated heterocycles. The lowest BCUT2D eigenvalue weighted by atomic mass is 10.0. The van der Waals surface area contributed by atoms with Crippen molar-refractivity contribution in [1.82, 2.24) is 9.29 Å².